The monoisotopic (exact) mass is 350 g/mol. The first-order chi connectivity index (χ1) is 12.6. The Morgan fingerprint density at radius 3 is 2.19 bits per heavy atom. The Bertz CT molecular complexity index is 851. The van der Waals surface area contributed by atoms with Crippen molar-refractivity contribution in [1.82, 2.24) is 10.0 Å². The normalized spacial score (nSPS) is 16.7. The van der Waals surface area contributed by atoms with Gasteiger partial charge in [0.2, 0.25) is 5.91 Å². The molecule has 1 aliphatic heterocycles. The molecule has 5 heteroatoms. The molecule has 3 amide bonds. The molecular formula is C21H22N2O3. The summed E-state index contributed by atoms with van der Waals surface area (Å²) in [6.07, 6.45) is 4.34. The zero-order valence-electron chi connectivity index (χ0n) is 14.9. The Hall–Kier alpha value is -2.69. The quantitative estimate of drug-likeness (QED) is 0.771. The minimum Gasteiger partial charge on any atom is -0.273 e. The molecule has 2 aromatic carbocycles. The van der Waals surface area contributed by atoms with Crippen molar-refractivity contribution in [1.29, 1.82) is 0 Å². The molecule has 134 valence electrons. The molecule has 0 aromatic heterocycles. The van der Waals surface area contributed by atoms with Crippen LogP contribution in [0.3, 0.4) is 0 Å². The average Bonchev–Trinajstić information content (AvgIpc) is 2.60. The third-order valence-corrected chi connectivity index (χ3v) is 5.42. The van der Waals surface area contributed by atoms with Gasteiger partial charge in [0.1, 0.15) is 0 Å². The molecule has 0 saturated heterocycles. The minimum atomic E-state index is -0.400. The fourth-order valence-electron chi connectivity index (χ4n) is 3.72. The SMILES string of the molecule is CCCCN(C(=O)C1CCC1)N1C(=O)c2cccc3cccc(c23)C1=O. The van der Waals surface area contributed by atoms with Crippen molar-refractivity contribution >= 4 is 28.5 Å². The number of carbonyl (C=O) groups is 3. The van der Waals surface area contributed by atoms with Gasteiger partial charge >= 0.3 is 0 Å². The highest BCUT2D eigenvalue weighted by atomic mass is 16.2. The molecule has 4 rings (SSSR count). The summed E-state index contributed by atoms with van der Waals surface area (Å²) in [5.74, 6) is -0.968. The maximum Gasteiger partial charge on any atom is 0.280 e. The van der Waals surface area contributed by atoms with Crippen LogP contribution in [-0.4, -0.2) is 34.3 Å². The van der Waals surface area contributed by atoms with E-state index in [-0.39, 0.29) is 11.8 Å². The van der Waals surface area contributed by atoms with Crippen LogP contribution in [0.2, 0.25) is 0 Å². The highest BCUT2D eigenvalue weighted by molar-refractivity contribution is 6.25. The Morgan fingerprint density at radius 1 is 1.08 bits per heavy atom. The molecule has 0 spiro atoms. The number of benzene rings is 2. The highest BCUT2D eigenvalue weighted by Crippen LogP contribution is 2.33. The standard InChI is InChI=1S/C21H22N2O3/c1-2-3-13-22(19(24)15-9-4-10-15)23-20(25)16-11-5-7-14-8-6-12-17(18(14)16)21(23)26/h5-8,11-12,15H,2-4,9-10,13H2,1H3. The van der Waals surface area contributed by atoms with Crippen molar-refractivity contribution in [2.24, 2.45) is 5.92 Å². The predicted molar refractivity (Wildman–Crippen MR) is 98.4 cm³/mol. The zero-order chi connectivity index (χ0) is 18.3. The topological polar surface area (TPSA) is 57.7 Å². The van der Waals surface area contributed by atoms with E-state index in [4.69, 9.17) is 0 Å². The van der Waals surface area contributed by atoms with Gasteiger partial charge in [0.15, 0.2) is 0 Å². The van der Waals surface area contributed by atoms with Gasteiger partial charge in [0, 0.05) is 17.8 Å². The predicted octanol–water partition coefficient (Wildman–Crippen LogP) is 3.78. The number of nitrogens with zero attached hydrogens (tertiary/aromatic N) is 2. The second kappa shape index (κ2) is 6.56. The van der Waals surface area contributed by atoms with Crippen LogP contribution in [0.1, 0.15) is 59.7 Å². The first-order valence-electron chi connectivity index (χ1n) is 9.35. The van der Waals surface area contributed by atoms with Gasteiger partial charge in [0.05, 0.1) is 11.1 Å². The maximum absolute atomic E-state index is 13.2. The second-order valence-corrected chi connectivity index (χ2v) is 7.07. The van der Waals surface area contributed by atoms with Crippen molar-refractivity contribution in [2.75, 3.05) is 6.54 Å². The molecule has 0 atom stereocenters. The molecule has 0 N–H and O–H groups in total. The number of hydrogen-bond acceptors (Lipinski definition) is 3. The first kappa shape index (κ1) is 16.8. The van der Waals surface area contributed by atoms with E-state index in [0.717, 1.165) is 42.5 Å². The molecule has 1 heterocycles. The minimum absolute atomic E-state index is 0.0691. The van der Waals surface area contributed by atoms with Gasteiger partial charge in [-0.1, -0.05) is 44.0 Å². The van der Waals surface area contributed by atoms with E-state index >= 15 is 0 Å². The van der Waals surface area contributed by atoms with Crippen LogP contribution in [0.15, 0.2) is 36.4 Å². The van der Waals surface area contributed by atoms with E-state index in [1.807, 2.05) is 31.2 Å². The van der Waals surface area contributed by atoms with E-state index in [1.165, 1.54) is 5.01 Å². The molecule has 5 nitrogen and oxygen atoms in total. The largest absolute Gasteiger partial charge is 0.280 e. The third-order valence-electron chi connectivity index (χ3n) is 5.42. The van der Waals surface area contributed by atoms with Crippen LogP contribution in [0, 0.1) is 5.92 Å². The smallest absolute Gasteiger partial charge is 0.273 e. The van der Waals surface area contributed by atoms with Gasteiger partial charge in [-0.05, 0) is 36.8 Å². The van der Waals surface area contributed by atoms with Gasteiger partial charge in [-0.3, -0.25) is 14.4 Å². The van der Waals surface area contributed by atoms with Crippen LogP contribution in [0.4, 0.5) is 0 Å². The molecular weight excluding hydrogens is 328 g/mol. The first-order valence-corrected chi connectivity index (χ1v) is 9.35. The van der Waals surface area contributed by atoms with Gasteiger partial charge < -0.3 is 0 Å². The number of imide groups is 1. The molecule has 2 aliphatic rings. The van der Waals surface area contributed by atoms with E-state index in [2.05, 4.69) is 0 Å². The summed E-state index contributed by atoms with van der Waals surface area (Å²) in [6.45, 7) is 2.42. The molecule has 1 saturated carbocycles. The van der Waals surface area contributed by atoms with Crippen molar-refractivity contribution in [3.8, 4) is 0 Å². The lowest BCUT2D eigenvalue weighted by Crippen LogP contribution is -2.56. The van der Waals surface area contributed by atoms with Crippen LogP contribution >= 0.6 is 0 Å². The van der Waals surface area contributed by atoms with Crippen LogP contribution < -0.4 is 0 Å². The van der Waals surface area contributed by atoms with Crippen LogP contribution in [-0.2, 0) is 4.79 Å². The number of hydrazine groups is 1. The van der Waals surface area contributed by atoms with E-state index < -0.39 is 11.8 Å². The molecule has 0 radical (unpaired) electrons. The Morgan fingerprint density at radius 2 is 1.69 bits per heavy atom. The maximum atomic E-state index is 13.2. The van der Waals surface area contributed by atoms with Crippen LogP contribution in [0.5, 0.6) is 0 Å². The van der Waals surface area contributed by atoms with Crippen molar-refractivity contribution in [2.45, 2.75) is 39.0 Å². The van der Waals surface area contributed by atoms with Gasteiger partial charge in [-0.15, -0.1) is 0 Å². The number of hydrogen-bond donors (Lipinski definition) is 0. The summed E-state index contributed by atoms with van der Waals surface area (Å²) in [4.78, 5) is 39.3. The third kappa shape index (κ3) is 2.50. The molecule has 0 unspecified atom stereocenters. The van der Waals surface area contributed by atoms with Gasteiger partial charge in [0.25, 0.3) is 11.8 Å². The lowest BCUT2D eigenvalue weighted by Gasteiger charge is -2.39. The fraction of sp³-hybridized carbons (Fsp3) is 0.381. The zero-order valence-corrected chi connectivity index (χ0v) is 14.9. The van der Waals surface area contributed by atoms with E-state index in [9.17, 15) is 14.4 Å². The number of unbranched alkanes of at least 4 members (excludes halogenated alkanes) is 1. The lowest BCUT2D eigenvalue weighted by molar-refractivity contribution is -0.149. The average molecular weight is 350 g/mol. The summed E-state index contributed by atoms with van der Waals surface area (Å²) in [5.41, 5.74) is 0.973. The summed E-state index contributed by atoms with van der Waals surface area (Å²) in [5, 5.41) is 4.06. The highest BCUT2D eigenvalue weighted by Gasteiger charge is 2.41. The van der Waals surface area contributed by atoms with Crippen molar-refractivity contribution in [3.05, 3.63) is 47.5 Å². The molecule has 1 fully saturated rings. The summed E-state index contributed by atoms with van der Waals surface area (Å²) in [7, 11) is 0. The van der Waals surface area contributed by atoms with Gasteiger partial charge in [-0.25, -0.2) is 5.01 Å². The molecule has 26 heavy (non-hydrogen) atoms. The number of carbonyl (C=O) groups excluding carboxylic acids is 3. The summed E-state index contributed by atoms with van der Waals surface area (Å²) < 4.78 is 0. The molecule has 2 aromatic rings. The Balaban J connectivity index is 1.79. The summed E-state index contributed by atoms with van der Waals surface area (Å²) in [6, 6.07) is 10.9. The fourth-order valence-corrected chi connectivity index (χ4v) is 3.72. The van der Waals surface area contributed by atoms with E-state index in [0.29, 0.717) is 23.1 Å². The Labute approximate surface area is 152 Å². The summed E-state index contributed by atoms with van der Waals surface area (Å²) >= 11 is 0. The second-order valence-electron chi connectivity index (χ2n) is 7.07. The number of amides is 3. The van der Waals surface area contributed by atoms with Crippen molar-refractivity contribution in [3.63, 3.8) is 0 Å². The Kier molecular flexibility index (Phi) is 4.23. The number of rotatable bonds is 5. The molecule has 0 bridgehead atoms. The van der Waals surface area contributed by atoms with Gasteiger partial charge in [-0.2, -0.15) is 5.01 Å². The van der Waals surface area contributed by atoms with Crippen molar-refractivity contribution < 1.29 is 14.4 Å². The van der Waals surface area contributed by atoms with E-state index in [1.54, 1.807) is 12.1 Å². The molecule has 1 aliphatic carbocycles. The lowest BCUT2D eigenvalue weighted by atomic mass is 9.84. The van der Waals surface area contributed by atoms with Crippen LogP contribution in [0.25, 0.3) is 10.8 Å².